The normalized spacial score (nSPS) is 10.2. The number of Topliss-reactive ketones (excluding diaryl/α,β-unsaturated/α-hetero) is 1. The lowest BCUT2D eigenvalue weighted by Gasteiger charge is -2.05. The number of aromatic nitrogens is 1. The molecule has 0 atom stereocenters. The number of rotatable bonds is 5. The van der Waals surface area contributed by atoms with Crippen LogP contribution >= 0.6 is 0 Å². The molecule has 0 aliphatic heterocycles. The van der Waals surface area contributed by atoms with E-state index in [2.05, 4.69) is 4.98 Å². The molecule has 4 nitrogen and oxygen atoms in total. The Morgan fingerprint density at radius 3 is 2.68 bits per heavy atom. The van der Waals surface area contributed by atoms with E-state index in [0.29, 0.717) is 30.0 Å². The number of anilines is 1. The SMILES string of the molecule is CCOc1cncc(C(=O)Cc2ccc(N)cc2)c1. The quantitative estimate of drug-likeness (QED) is 0.659. The van der Waals surface area contributed by atoms with E-state index in [4.69, 9.17) is 10.5 Å². The summed E-state index contributed by atoms with van der Waals surface area (Å²) in [7, 11) is 0. The maximum absolute atomic E-state index is 12.1. The fourth-order valence-corrected chi connectivity index (χ4v) is 1.74. The number of nitrogens with zero attached hydrogens (tertiary/aromatic N) is 1. The zero-order valence-corrected chi connectivity index (χ0v) is 10.8. The molecule has 1 aromatic carbocycles. The first-order valence-electron chi connectivity index (χ1n) is 6.14. The Bertz CT molecular complexity index is 565. The number of carbonyl (C=O) groups is 1. The van der Waals surface area contributed by atoms with Crippen molar-refractivity contribution in [1.82, 2.24) is 4.98 Å². The van der Waals surface area contributed by atoms with Crippen LogP contribution in [0.5, 0.6) is 5.75 Å². The lowest BCUT2D eigenvalue weighted by atomic mass is 10.0. The summed E-state index contributed by atoms with van der Waals surface area (Å²) in [6, 6.07) is 9.01. The van der Waals surface area contributed by atoms with Crippen LogP contribution in [0.2, 0.25) is 0 Å². The first-order chi connectivity index (χ1) is 9.19. The fraction of sp³-hybridized carbons (Fsp3) is 0.200. The van der Waals surface area contributed by atoms with Gasteiger partial charge < -0.3 is 10.5 Å². The summed E-state index contributed by atoms with van der Waals surface area (Å²) in [6.07, 6.45) is 3.49. The number of ether oxygens (including phenoxy) is 1. The minimum absolute atomic E-state index is 0.0128. The van der Waals surface area contributed by atoms with E-state index in [1.807, 2.05) is 19.1 Å². The van der Waals surface area contributed by atoms with Gasteiger partial charge in [-0.25, -0.2) is 0 Å². The van der Waals surface area contributed by atoms with E-state index in [0.717, 1.165) is 5.56 Å². The van der Waals surface area contributed by atoms with Gasteiger partial charge in [-0.3, -0.25) is 9.78 Å². The van der Waals surface area contributed by atoms with E-state index >= 15 is 0 Å². The molecule has 98 valence electrons. The highest BCUT2D eigenvalue weighted by molar-refractivity contribution is 5.97. The summed E-state index contributed by atoms with van der Waals surface area (Å²) in [6.45, 7) is 2.44. The molecule has 0 fully saturated rings. The molecule has 4 heteroatoms. The van der Waals surface area contributed by atoms with Crippen LogP contribution in [0, 0.1) is 0 Å². The van der Waals surface area contributed by atoms with E-state index < -0.39 is 0 Å². The molecular formula is C15H16N2O2. The maximum Gasteiger partial charge on any atom is 0.168 e. The first-order valence-corrected chi connectivity index (χ1v) is 6.14. The molecule has 0 saturated carbocycles. The van der Waals surface area contributed by atoms with Crippen LogP contribution in [0.1, 0.15) is 22.8 Å². The Kier molecular flexibility index (Phi) is 4.13. The van der Waals surface area contributed by atoms with Gasteiger partial charge >= 0.3 is 0 Å². The number of hydrogen-bond acceptors (Lipinski definition) is 4. The molecule has 0 aliphatic carbocycles. The largest absolute Gasteiger partial charge is 0.492 e. The van der Waals surface area contributed by atoms with Gasteiger partial charge in [0.2, 0.25) is 0 Å². The van der Waals surface area contributed by atoms with Crippen molar-refractivity contribution >= 4 is 11.5 Å². The lowest BCUT2D eigenvalue weighted by molar-refractivity contribution is 0.0992. The second-order valence-electron chi connectivity index (χ2n) is 4.18. The molecule has 0 bridgehead atoms. The Balaban J connectivity index is 2.11. The van der Waals surface area contributed by atoms with Gasteiger partial charge in [0.15, 0.2) is 5.78 Å². The van der Waals surface area contributed by atoms with Crippen molar-refractivity contribution in [2.45, 2.75) is 13.3 Å². The molecule has 2 rings (SSSR count). The van der Waals surface area contributed by atoms with Gasteiger partial charge in [0.25, 0.3) is 0 Å². The zero-order chi connectivity index (χ0) is 13.7. The highest BCUT2D eigenvalue weighted by atomic mass is 16.5. The van der Waals surface area contributed by atoms with Crippen molar-refractivity contribution in [2.24, 2.45) is 0 Å². The Labute approximate surface area is 112 Å². The summed E-state index contributed by atoms with van der Waals surface area (Å²) in [4.78, 5) is 16.1. The van der Waals surface area contributed by atoms with Crippen LogP contribution in [-0.4, -0.2) is 17.4 Å². The summed E-state index contributed by atoms with van der Waals surface area (Å²) >= 11 is 0. The molecule has 2 N–H and O–H groups in total. The van der Waals surface area contributed by atoms with Gasteiger partial charge in [-0.05, 0) is 30.7 Å². The average molecular weight is 256 g/mol. The molecule has 19 heavy (non-hydrogen) atoms. The third kappa shape index (κ3) is 3.55. The number of ketones is 1. The van der Waals surface area contributed by atoms with Crippen LogP contribution in [-0.2, 0) is 6.42 Å². The number of nitrogen functional groups attached to an aromatic ring is 1. The maximum atomic E-state index is 12.1. The van der Waals surface area contributed by atoms with Crippen LogP contribution in [0.4, 0.5) is 5.69 Å². The van der Waals surface area contributed by atoms with Crippen molar-refractivity contribution in [3.63, 3.8) is 0 Å². The summed E-state index contributed by atoms with van der Waals surface area (Å²) < 4.78 is 5.33. The molecule has 0 spiro atoms. The Morgan fingerprint density at radius 2 is 2.00 bits per heavy atom. The number of benzene rings is 1. The number of hydrogen-bond donors (Lipinski definition) is 1. The minimum Gasteiger partial charge on any atom is -0.492 e. The van der Waals surface area contributed by atoms with Gasteiger partial charge in [-0.2, -0.15) is 0 Å². The van der Waals surface area contributed by atoms with Crippen LogP contribution in [0.15, 0.2) is 42.7 Å². The van der Waals surface area contributed by atoms with Crippen molar-refractivity contribution in [1.29, 1.82) is 0 Å². The number of carbonyl (C=O) groups excluding carboxylic acids is 1. The fourth-order valence-electron chi connectivity index (χ4n) is 1.74. The predicted molar refractivity (Wildman–Crippen MR) is 74.3 cm³/mol. The number of pyridine rings is 1. The van der Waals surface area contributed by atoms with E-state index in [1.165, 1.54) is 0 Å². The van der Waals surface area contributed by atoms with Gasteiger partial charge in [0.1, 0.15) is 5.75 Å². The average Bonchev–Trinajstić information content (AvgIpc) is 2.42. The van der Waals surface area contributed by atoms with Gasteiger partial charge in [-0.15, -0.1) is 0 Å². The highest BCUT2D eigenvalue weighted by Crippen LogP contribution is 2.14. The van der Waals surface area contributed by atoms with Gasteiger partial charge in [0.05, 0.1) is 12.8 Å². The smallest absolute Gasteiger partial charge is 0.168 e. The second kappa shape index (κ2) is 6.00. The Morgan fingerprint density at radius 1 is 1.26 bits per heavy atom. The number of nitrogens with two attached hydrogens (primary N) is 1. The van der Waals surface area contributed by atoms with Crippen molar-refractivity contribution in [2.75, 3.05) is 12.3 Å². The zero-order valence-electron chi connectivity index (χ0n) is 10.8. The highest BCUT2D eigenvalue weighted by Gasteiger charge is 2.08. The monoisotopic (exact) mass is 256 g/mol. The molecular weight excluding hydrogens is 240 g/mol. The third-order valence-electron chi connectivity index (χ3n) is 2.69. The van der Waals surface area contributed by atoms with Crippen molar-refractivity contribution in [3.05, 3.63) is 53.9 Å². The van der Waals surface area contributed by atoms with Crippen LogP contribution in [0.3, 0.4) is 0 Å². The van der Waals surface area contributed by atoms with E-state index in [-0.39, 0.29) is 5.78 Å². The first kappa shape index (κ1) is 13.1. The molecule has 1 heterocycles. The predicted octanol–water partition coefficient (Wildman–Crippen LogP) is 2.49. The summed E-state index contributed by atoms with van der Waals surface area (Å²) in [5, 5.41) is 0. The minimum atomic E-state index is 0.0128. The standard InChI is InChI=1S/C15H16N2O2/c1-2-19-14-8-12(9-17-10-14)15(18)7-11-3-5-13(16)6-4-11/h3-6,8-10H,2,7,16H2,1H3. The molecule has 0 aliphatic rings. The van der Waals surface area contributed by atoms with Gasteiger partial charge in [-0.1, -0.05) is 12.1 Å². The van der Waals surface area contributed by atoms with Crippen LogP contribution in [0.25, 0.3) is 0 Å². The second-order valence-corrected chi connectivity index (χ2v) is 4.18. The molecule has 2 aromatic rings. The summed E-state index contributed by atoms with van der Waals surface area (Å²) in [5.41, 5.74) is 7.79. The molecule has 0 unspecified atom stereocenters. The summed E-state index contributed by atoms with van der Waals surface area (Å²) in [5.74, 6) is 0.629. The molecule has 0 saturated heterocycles. The lowest BCUT2D eigenvalue weighted by Crippen LogP contribution is -2.05. The van der Waals surface area contributed by atoms with E-state index in [9.17, 15) is 4.79 Å². The van der Waals surface area contributed by atoms with Crippen LogP contribution < -0.4 is 10.5 Å². The van der Waals surface area contributed by atoms with Crippen molar-refractivity contribution in [3.8, 4) is 5.75 Å². The Hall–Kier alpha value is -2.36. The molecule has 0 radical (unpaired) electrons. The van der Waals surface area contributed by atoms with E-state index in [1.54, 1.807) is 30.6 Å². The van der Waals surface area contributed by atoms with Crippen molar-refractivity contribution < 1.29 is 9.53 Å². The van der Waals surface area contributed by atoms with Gasteiger partial charge in [0, 0.05) is 23.9 Å². The third-order valence-corrected chi connectivity index (χ3v) is 2.69. The molecule has 0 amide bonds. The molecule has 1 aromatic heterocycles. The topological polar surface area (TPSA) is 65.2 Å².